The summed E-state index contributed by atoms with van der Waals surface area (Å²) in [4.78, 5) is 2.65. The molecule has 1 aliphatic heterocycles. The molecule has 0 spiro atoms. The molecule has 0 saturated carbocycles. The highest BCUT2D eigenvalue weighted by Crippen LogP contribution is 2.17. The molecule has 0 radical (unpaired) electrons. The van der Waals surface area contributed by atoms with Gasteiger partial charge in [0.1, 0.15) is 0 Å². The molecular formula is C14H30N2. The van der Waals surface area contributed by atoms with Gasteiger partial charge < -0.3 is 5.32 Å². The van der Waals surface area contributed by atoms with Gasteiger partial charge in [-0.1, -0.05) is 26.7 Å². The number of nitrogens with one attached hydrogen (secondary N) is 1. The van der Waals surface area contributed by atoms with Crippen LogP contribution >= 0.6 is 0 Å². The molecule has 1 fully saturated rings. The van der Waals surface area contributed by atoms with Crippen molar-refractivity contribution in [1.82, 2.24) is 10.2 Å². The molecule has 2 unspecified atom stereocenters. The van der Waals surface area contributed by atoms with Crippen molar-refractivity contribution in [3.63, 3.8) is 0 Å². The lowest BCUT2D eigenvalue weighted by atomic mass is 9.99. The zero-order chi connectivity index (χ0) is 11.8. The van der Waals surface area contributed by atoms with Crippen LogP contribution in [-0.4, -0.2) is 37.1 Å². The van der Waals surface area contributed by atoms with Crippen LogP contribution in [-0.2, 0) is 0 Å². The molecule has 1 N–H and O–H groups in total. The maximum Gasteiger partial charge on any atom is 0.0192 e. The fourth-order valence-electron chi connectivity index (χ4n) is 2.57. The van der Waals surface area contributed by atoms with Crippen molar-refractivity contribution in [2.75, 3.05) is 26.2 Å². The Labute approximate surface area is 102 Å². The number of likely N-dealkylation sites (tertiary alicyclic amines) is 1. The molecule has 2 atom stereocenters. The Morgan fingerprint density at radius 1 is 1.38 bits per heavy atom. The third-order valence-corrected chi connectivity index (χ3v) is 3.71. The number of hydrogen-bond donors (Lipinski definition) is 1. The first-order valence-corrected chi connectivity index (χ1v) is 7.18. The van der Waals surface area contributed by atoms with Crippen LogP contribution in [0.2, 0.25) is 0 Å². The first-order chi connectivity index (χ1) is 7.74. The molecule has 0 aromatic heterocycles. The van der Waals surface area contributed by atoms with Gasteiger partial charge >= 0.3 is 0 Å². The molecule has 0 aromatic rings. The molecular weight excluding hydrogens is 196 g/mol. The monoisotopic (exact) mass is 226 g/mol. The van der Waals surface area contributed by atoms with E-state index >= 15 is 0 Å². The Balaban J connectivity index is 2.06. The molecule has 2 nitrogen and oxygen atoms in total. The first kappa shape index (κ1) is 14.0. The molecule has 1 saturated heterocycles. The molecule has 0 aromatic carbocycles. The Kier molecular flexibility index (Phi) is 7.06. The van der Waals surface area contributed by atoms with E-state index < -0.39 is 0 Å². The summed E-state index contributed by atoms with van der Waals surface area (Å²) in [6, 6.07) is 0.712. The van der Waals surface area contributed by atoms with Crippen LogP contribution in [0.5, 0.6) is 0 Å². The second-order valence-corrected chi connectivity index (χ2v) is 5.50. The minimum Gasteiger partial charge on any atom is -0.315 e. The second-order valence-electron chi connectivity index (χ2n) is 5.50. The number of piperidine rings is 1. The van der Waals surface area contributed by atoms with Gasteiger partial charge in [-0.2, -0.15) is 0 Å². The zero-order valence-corrected chi connectivity index (χ0v) is 11.5. The Morgan fingerprint density at radius 2 is 2.19 bits per heavy atom. The highest BCUT2D eigenvalue weighted by atomic mass is 15.2. The van der Waals surface area contributed by atoms with Gasteiger partial charge in [0.2, 0.25) is 0 Å². The average Bonchev–Trinajstić information content (AvgIpc) is 2.28. The van der Waals surface area contributed by atoms with Gasteiger partial charge in [0.15, 0.2) is 0 Å². The molecule has 1 aliphatic rings. The molecule has 1 heterocycles. The number of unbranched alkanes of at least 4 members (excludes halogenated alkanes) is 2. The quantitative estimate of drug-likeness (QED) is 0.672. The Hall–Kier alpha value is -0.0800. The summed E-state index contributed by atoms with van der Waals surface area (Å²) in [7, 11) is 0. The van der Waals surface area contributed by atoms with Gasteiger partial charge in [-0.15, -0.1) is 0 Å². The molecule has 2 heteroatoms. The second kappa shape index (κ2) is 8.08. The van der Waals surface area contributed by atoms with E-state index in [2.05, 4.69) is 31.0 Å². The summed E-state index contributed by atoms with van der Waals surface area (Å²) in [5, 5.41) is 3.59. The zero-order valence-electron chi connectivity index (χ0n) is 11.5. The highest BCUT2D eigenvalue weighted by molar-refractivity contribution is 4.76. The minimum atomic E-state index is 0.712. The average molecular weight is 226 g/mol. The van der Waals surface area contributed by atoms with Crippen LogP contribution in [0.25, 0.3) is 0 Å². The lowest BCUT2D eigenvalue weighted by Crippen LogP contribution is -2.45. The van der Waals surface area contributed by atoms with Gasteiger partial charge in [-0.25, -0.2) is 0 Å². The predicted octanol–water partition coefficient (Wildman–Crippen LogP) is 2.89. The van der Waals surface area contributed by atoms with E-state index in [9.17, 15) is 0 Å². The van der Waals surface area contributed by atoms with Crippen molar-refractivity contribution in [3.05, 3.63) is 0 Å². The SMILES string of the molecule is CCCCCNCC(C)N1CCCC(C)C1. The topological polar surface area (TPSA) is 15.3 Å². The third-order valence-electron chi connectivity index (χ3n) is 3.71. The summed E-state index contributed by atoms with van der Waals surface area (Å²) in [5.74, 6) is 0.899. The van der Waals surface area contributed by atoms with Crippen molar-refractivity contribution < 1.29 is 0 Å². The standard InChI is InChI=1S/C14H30N2/c1-4-5-6-9-15-11-14(3)16-10-7-8-13(2)12-16/h13-15H,4-12H2,1-3H3. The van der Waals surface area contributed by atoms with E-state index in [1.54, 1.807) is 0 Å². The van der Waals surface area contributed by atoms with Gasteiger partial charge in [-0.3, -0.25) is 4.90 Å². The summed E-state index contributed by atoms with van der Waals surface area (Å²) < 4.78 is 0. The van der Waals surface area contributed by atoms with Crippen LogP contribution in [0, 0.1) is 5.92 Å². The Morgan fingerprint density at radius 3 is 2.88 bits per heavy atom. The van der Waals surface area contributed by atoms with E-state index in [0.29, 0.717) is 6.04 Å². The van der Waals surface area contributed by atoms with Crippen LogP contribution in [0.1, 0.15) is 52.9 Å². The number of hydrogen-bond acceptors (Lipinski definition) is 2. The van der Waals surface area contributed by atoms with Gasteiger partial charge in [-0.05, 0) is 45.2 Å². The third kappa shape index (κ3) is 5.31. The number of nitrogens with zero attached hydrogens (tertiary/aromatic N) is 1. The maximum atomic E-state index is 3.59. The Bertz CT molecular complexity index is 170. The summed E-state index contributed by atoms with van der Waals surface area (Å²) in [6.45, 7) is 12.0. The van der Waals surface area contributed by atoms with Crippen molar-refractivity contribution in [2.24, 2.45) is 5.92 Å². The molecule has 0 bridgehead atoms. The van der Waals surface area contributed by atoms with Crippen molar-refractivity contribution in [2.45, 2.75) is 58.9 Å². The highest BCUT2D eigenvalue weighted by Gasteiger charge is 2.20. The lowest BCUT2D eigenvalue weighted by molar-refractivity contribution is 0.137. The van der Waals surface area contributed by atoms with Gasteiger partial charge in [0.05, 0.1) is 0 Å². The maximum absolute atomic E-state index is 3.59. The minimum absolute atomic E-state index is 0.712. The fraction of sp³-hybridized carbons (Fsp3) is 1.00. The summed E-state index contributed by atoms with van der Waals surface area (Å²) >= 11 is 0. The van der Waals surface area contributed by atoms with E-state index in [1.807, 2.05) is 0 Å². The lowest BCUT2D eigenvalue weighted by Gasteiger charge is -2.35. The van der Waals surface area contributed by atoms with Crippen molar-refractivity contribution in [1.29, 1.82) is 0 Å². The fourth-order valence-corrected chi connectivity index (χ4v) is 2.57. The van der Waals surface area contributed by atoms with E-state index in [0.717, 1.165) is 12.5 Å². The van der Waals surface area contributed by atoms with E-state index in [-0.39, 0.29) is 0 Å². The van der Waals surface area contributed by atoms with E-state index in [4.69, 9.17) is 0 Å². The van der Waals surface area contributed by atoms with Crippen LogP contribution in [0.15, 0.2) is 0 Å². The molecule has 16 heavy (non-hydrogen) atoms. The molecule has 96 valence electrons. The largest absolute Gasteiger partial charge is 0.315 e. The van der Waals surface area contributed by atoms with Crippen LogP contribution in [0.4, 0.5) is 0 Å². The molecule has 0 amide bonds. The van der Waals surface area contributed by atoms with E-state index in [1.165, 1.54) is 51.7 Å². The van der Waals surface area contributed by atoms with Gasteiger partial charge in [0, 0.05) is 19.1 Å². The smallest absolute Gasteiger partial charge is 0.0192 e. The normalized spacial score (nSPS) is 24.6. The van der Waals surface area contributed by atoms with Crippen LogP contribution in [0.3, 0.4) is 0 Å². The summed E-state index contributed by atoms with van der Waals surface area (Å²) in [6.07, 6.45) is 6.83. The molecule has 0 aliphatic carbocycles. The predicted molar refractivity (Wildman–Crippen MR) is 71.8 cm³/mol. The molecule has 1 rings (SSSR count). The first-order valence-electron chi connectivity index (χ1n) is 7.18. The van der Waals surface area contributed by atoms with Crippen molar-refractivity contribution in [3.8, 4) is 0 Å². The van der Waals surface area contributed by atoms with Crippen molar-refractivity contribution >= 4 is 0 Å². The summed E-state index contributed by atoms with van der Waals surface area (Å²) in [5.41, 5.74) is 0. The van der Waals surface area contributed by atoms with Gasteiger partial charge in [0.25, 0.3) is 0 Å². The number of rotatable bonds is 7. The van der Waals surface area contributed by atoms with Crippen LogP contribution < -0.4 is 5.32 Å².